The second kappa shape index (κ2) is 10.7. The zero-order valence-corrected chi connectivity index (χ0v) is 20.5. The molecule has 1 fully saturated rings. The van der Waals surface area contributed by atoms with E-state index in [0.717, 1.165) is 41.0 Å². The number of benzene rings is 3. The van der Waals surface area contributed by atoms with Gasteiger partial charge in [0.1, 0.15) is 12.4 Å². The SMILES string of the molecule is O=C(c1cccc(COc2cccc(Br)c2)c1)N1CCN(Cc2ccc(Cl)cc2Cl)CC1. The van der Waals surface area contributed by atoms with Gasteiger partial charge in [-0.15, -0.1) is 0 Å². The molecule has 0 N–H and O–H groups in total. The summed E-state index contributed by atoms with van der Waals surface area (Å²) in [7, 11) is 0. The fraction of sp³-hybridized carbons (Fsp3) is 0.240. The summed E-state index contributed by atoms with van der Waals surface area (Å²) in [4.78, 5) is 17.3. The molecule has 166 valence electrons. The molecule has 4 nitrogen and oxygen atoms in total. The lowest BCUT2D eigenvalue weighted by molar-refractivity contribution is 0.0628. The Morgan fingerprint density at radius 3 is 2.47 bits per heavy atom. The normalized spacial score (nSPS) is 14.4. The van der Waals surface area contributed by atoms with Crippen LogP contribution in [0.3, 0.4) is 0 Å². The van der Waals surface area contributed by atoms with Crippen LogP contribution >= 0.6 is 39.1 Å². The van der Waals surface area contributed by atoms with Crippen molar-refractivity contribution in [1.29, 1.82) is 0 Å². The molecule has 4 rings (SSSR count). The van der Waals surface area contributed by atoms with Gasteiger partial charge in [-0.3, -0.25) is 9.69 Å². The van der Waals surface area contributed by atoms with Crippen LogP contribution in [0.1, 0.15) is 21.5 Å². The van der Waals surface area contributed by atoms with E-state index in [-0.39, 0.29) is 5.91 Å². The second-order valence-corrected chi connectivity index (χ2v) is 9.51. The van der Waals surface area contributed by atoms with Crippen molar-refractivity contribution in [3.05, 3.63) is 97.9 Å². The molecule has 0 atom stereocenters. The van der Waals surface area contributed by atoms with Crippen molar-refractivity contribution in [2.24, 2.45) is 0 Å². The average molecular weight is 534 g/mol. The van der Waals surface area contributed by atoms with Crippen LogP contribution in [0.2, 0.25) is 10.0 Å². The molecular weight excluding hydrogens is 511 g/mol. The van der Waals surface area contributed by atoms with Crippen LogP contribution in [-0.2, 0) is 13.2 Å². The third-order valence-electron chi connectivity index (χ3n) is 5.44. The van der Waals surface area contributed by atoms with Crippen LogP contribution in [0.5, 0.6) is 5.75 Å². The van der Waals surface area contributed by atoms with Crippen molar-refractivity contribution in [3.8, 4) is 5.75 Å². The van der Waals surface area contributed by atoms with Crippen molar-refractivity contribution in [3.63, 3.8) is 0 Å². The molecule has 0 spiro atoms. The molecule has 1 aliphatic heterocycles. The number of carbonyl (C=O) groups is 1. The topological polar surface area (TPSA) is 32.8 Å². The first-order valence-electron chi connectivity index (χ1n) is 10.4. The summed E-state index contributed by atoms with van der Waals surface area (Å²) in [5, 5.41) is 1.32. The molecule has 0 aromatic heterocycles. The highest BCUT2D eigenvalue weighted by molar-refractivity contribution is 9.10. The van der Waals surface area contributed by atoms with E-state index in [2.05, 4.69) is 20.8 Å². The maximum Gasteiger partial charge on any atom is 0.253 e. The van der Waals surface area contributed by atoms with E-state index in [1.807, 2.05) is 65.6 Å². The summed E-state index contributed by atoms with van der Waals surface area (Å²) in [6, 6.07) is 21.0. The molecule has 3 aromatic rings. The maximum atomic E-state index is 13.1. The molecule has 32 heavy (non-hydrogen) atoms. The smallest absolute Gasteiger partial charge is 0.253 e. The van der Waals surface area contributed by atoms with Gasteiger partial charge in [0.2, 0.25) is 0 Å². The minimum atomic E-state index is 0.0541. The predicted octanol–water partition coefficient (Wildman–Crippen LogP) is 6.29. The monoisotopic (exact) mass is 532 g/mol. The second-order valence-electron chi connectivity index (χ2n) is 7.75. The number of ether oxygens (including phenoxy) is 1. The van der Waals surface area contributed by atoms with Gasteiger partial charge < -0.3 is 9.64 Å². The number of amides is 1. The Morgan fingerprint density at radius 2 is 1.72 bits per heavy atom. The summed E-state index contributed by atoms with van der Waals surface area (Å²) in [5.41, 5.74) is 2.70. The Morgan fingerprint density at radius 1 is 0.938 bits per heavy atom. The van der Waals surface area contributed by atoms with Gasteiger partial charge in [0.05, 0.1) is 0 Å². The molecule has 7 heteroatoms. The van der Waals surface area contributed by atoms with Gasteiger partial charge in [0.25, 0.3) is 5.91 Å². The molecule has 0 bridgehead atoms. The van der Waals surface area contributed by atoms with E-state index in [1.165, 1.54) is 0 Å². The molecular formula is C25H23BrCl2N2O2. The first-order valence-corrected chi connectivity index (χ1v) is 12.0. The average Bonchev–Trinajstić information content (AvgIpc) is 2.80. The van der Waals surface area contributed by atoms with Gasteiger partial charge in [-0.05, 0) is 53.6 Å². The number of nitrogens with zero attached hydrogens (tertiary/aromatic N) is 2. The van der Waals surface area contributed by atoms with Gasteiger partial charge in [-0.25, -0.2) is 0 Å². The summed E-state index contributed by atoms with van der Waals surface area (Å²) < 4.78 is 6.83. The quantitative estimate of drug-likeness (QED) is 0.373. The standard InChI is InChI=1S/C25H23BrCl2N2O2/c26-21-5-2-6-23(14-21)32-17-18-3-1-4-19(13-18)25(31)30-11-9-29(10-12-30)16-20-7-8-22(27)15-24(20)28/h1-8,13-15H,9-12,16-17H2. The zero-order chi connectivity index (χ0) is 22.5. The third kappa shape index (κ3) is 6.04. The van der Waals surface area contributed by atoms with E-state index in [0.29, 0.717) is 35.3 Å². The Labute approximate surface area is 206 Å². The number of carbonyl (C=O) groups excluding carboxylic acids is 1. The van der Waals surface area contributed by atoms with Crippen LogP contribution < -0.4 is 4.74 Å². The predicted molar refractivity (Wildman–Crippen MR) is 133 cm³/mol. The van der Waals surface area contributed by atoms with Crippen molar-refractivity contribution < 1.29 is 9.53 Å². The van der Waals surface area contributed by atoms with Crippen molar-refractivity contribution in [2.45, 2.75) is 13.2 Å². The maximum absolute atomic E-state index is 13.1. The van der Waals surface area contributed by atoms with Crippen LogP contribution in [0, 0.1) is 0 Å². The van der Waals surface area contributed by atoms with Gasteiger partial charge in [-0.2, -0.15) is 0 Å². The van der Waals surface area contributed by atoms with E-state index in [9.17, 15) is 4.79 Å². The number of halogens is 3. The number of rotatable bonds is 6. The first kappa shape index (κ1) is 23.1. The summed E-state index contributed by atoms with van der Waals surface area (Å²) in [6.45, 7) is 4.13. The number of hydrogen-bond donors (Lipinski definition) is 0. The minimum Gasteiger partial charge on any atom is -0.489 e. The van der Waals surface area contributed by atoms with E-state index >= 15 is 0 Å². The lowest BCUT2D eigenvalue weighted by Gasteiger charge is -2.35. The molecule has 0 unspecified atom stereocenters. The van der Waals surface area contributed by atoms with Gasteiger partial charge in [0.15, 0.2) is 0 Å². The fourth-order valence-electron chi connectivity index (χ4n) is 3.70. The highest BCUT2D eigenvalue weighted by atomic mass is 79.9. The molecule has 1 heterocycles. The van der Waals surface area contributed by atoms with E-state index < -0.39 is 0 Å². The van der Waals surface area contributed by atoms with Crippen LogP contribution in [0.4, 0.5) is 0 Å². The van der Waals surface area contributed by atoms with Gasteiger partial charge >= 0.3 is 0 Å². The Hall–Kier alpha value is -2.05. The lowest BCUT2D eigenvalue weighted by atomic mass is 10.1. The van der Waals surface area contributed by atoms with Gasteiger partial charge in [0, 0.05) is 52.8 Å². The number of piperazine rings is 1. The molecule has 0 aliphatic carbocycles. The van der Waals surface area contributed by atoms with Crippen LogP contribution in [0.15, 0.2) is 71.2 Å². The van der Waals surface area contributed by atoms with Crippen molar-refractivity contribution in [1.82, 2.24) is 9.80 Å². The first-order chi connectivity index (χ1) is 15.5. The van der Waals surface area contributed by atoms with Crippen LogP contribution in [-0.4, -0.2) is 41.9 Å². The third-order valence-corrected chi connectivity index (χ3v) is 6.52. The molecule has 0 saturated carbocycles. The Balaban J connectivity index is 1.32. The minimum absolute atomic E-state index is 0.0541. The summed E-state index contributed by atoms with van der Waals surface area (Å²) in [5.74, 6) is 0.839. The summed E-state index contributed by atoms with van der Waals surface area (Å²) >= 11 is 15.7. The van der Waals surface area contributed by atoms with Crippen molar-refractivity contribution >= 4 is 45.0 Å². The fourth-order valence-corrected chi connectivity index (χ4v) is 4.55. The molecule has 1 aliphatic rings. The highest BCUT2D eigenvalue weighted by Gasteiger charge is 2.22. The molecule has 1 amide bonds. The zero-order valence-electron chi connectivity index (χ0n) is 17.4. The van der Waals surface area contributed by atoms with E-state index in [1.54, 1.807) is 6.07 Å². The van der Waals surface area contributed by atoms with Crippen molar-refractivity contribution in [2.75, 3.05) is 26.2 Å². The highest BCUT2D eigenvalue weighted by Crippen LogP contribution is 2.23. The molecule has 3 aromatic carbocycles. The Kier molecular flexibility index (Phi) is 7.74. The summed E-state index contributed by atoms with van der Waals surface area (Å²) in [6.07, 6.45) is 0. The van der Waals surface area contributed by atoms with Crippen LogP contribution in [0.25, 0.3) is 0 Å². The largest absolute Gasteiger partial charge is 0.489 e. The number of hydrogen-bond acceptors (Lipinski definition) is 3. The lowest BCUT2D eigenvalue weighted by Crippen LogP contribution is -2.48. The van der Waals surface area contributed by atoms with Gasteiger partial charge in [-0.1, -0.05) is 63.4 Å². The van der Waals surface area contributed by atoms with E-state index in [4.69, 9.17) is 27.9 Å². The molecule has 0 radical (unpaired) electrons. The molecule has 1 saturated heterocycles. The Bertz CT molecular complexity index is 1100.